The third-order valence-corrected chi connectivity index (χ3v) is 4.03. The molecular weight excluding hydrogens is 278 g/mol. The summed E-state index contributed by atoms with van der Waals surface area (Å²) < 4.78 is 26.9. The van der Waals surface area contributed by atoms with Crippen LogP contribution in [-0.4, -0.2) is 54.6 Å². The molecule has 7 heteroatoms. The maximum absolute atomic E-state index is 13.9. The van der Waals surface area contributed by atoms with Gasteiger partial charge in [-0.2, -0.15) is 0 Å². The fourth-order valence-corrected chi connectivity index (χ4v) is 2.99. The second kappa shape index (κ2) is 5.93. The van der Waals surface area contributed by atoms with Gasteiger partial charge in [-0.25, -0.2) is 13.8 Å². The van der Waals surface area contributed by atoms with Gasteiger partial charge in [0.1, 0.15) is 11.9 Å². The smallest absolute Gasteiger partial charge is 0.245 e. The molecule has 1 atom stereocenters. The molecule has 1 amide bonds. The predicted molar refractivity (Wildman–Crippen MR) is 74.0 cm³/mol. The first-order valence-electron chi connectivity index (χ1n) is 7.24. The zero-order valence-electron chi connectivity index (χ0n) is 11.7. The number of pyridine rings is 1. The maximum Gasteiger partial charge on any atom is 0.245 e. The van der Waals surface area contributed by atoms with Crippen LogP contribution in [0.2, 0.25) is 0 Å². The van der Waals surface area contributed by atoms with Crippen molar-refractivity contribution in [1.82, 2.24) is 15.2 Å². The van der Waals surface area contributed by atoms with E-state index in [0.29, 0.717) is 26.1 Å². The summed E-state index contributed by atoms with van der Waals surface area (Å²) in [6.45, 7) is 3.46. The van der Waals surface area contributed by atoms with Crippen molar-refractivity contribution in [1.29, 1.82) is 0 Å². The van der Waals surface area contributed by atoms with Crippen LogP contribution in [0.3, 0.4) is 0 Å². The third-order valence-electron chi connectivity index (χ3n) is 4.03. The molecule has 0 bridgehead atoms. The first-order chi connectivity index (χ1) is 10.2. The van der Waals surface area contributed by atoms with Crippen molar-refractivity contribution in [2.24, 2.45) is 0 Å². The van der Waals surface area contributed by atoms with E-state index >= 15 is 0 Å². The monoisotopic (exact) mass is 296 g/mol. The number of hydrogen-bond acceptors (Lipinski definition) is 4. The summed E-state index contributed by atoms with van der Waals surface area (Å²) in [5.74, 6) is -1.34. The molecule has 0 spiro atoms. The minimum absolute atomic E-state index is 0.0134. The average Bonchev–Trinajstić information content (AvgIpc) is 2.96. The second-order valence-electron chi connectivity index (χ2n) is 5.39. The van der Waals surface area contributed by atoms with E-state index in [0.717, 1.165) is 31.8 Å². The van der Waals surface area contributed by atoms with Gasteiger partial charge in [0, 0.05) is 38.8 Å². The molecular formula is C14H18F2N4O. The van der Waals surface area contributed by atoms with Gasteiger partial charge >= 0.3 is 0 Å². The van der Waals surface area contributed by atoms with E-state index in [1.807, 2.05) is 0 Å². The lowest BCUT2D eigenvalue weighted by Gasteiger charge is -2.33. The number of rotatable bonds is 2. The normalized spacial score (nSPS) is 22.7. The molecule has 2 saturated heterocycles. The molecule has 1 N–H and O–H groups in total. The quantitative estimate of drug-likeness (QED) is 0.875. The number of aromatic nitrogens is 1. The highest BCUT2D eigenvalue weighted by Crippen LogP contribution is 2.27. The van der Waals surface area contributed by atoms with Crippen LogP contribution in [0.25, 0.3) is 0 Å². The van der Waals surface area contributed by atoms with Crippen molar-refractivity contribution in [3.8, 4) is 0 Å². The molecule has 1 aromatic rings. The zero-order chi connectivity index (χ0) is 14.8. The molecule has 3 rings (SSSR count). The lowest BCUT2D eigenvalue weighted by molar-refractivity contribution is -0.133. The Balaban J connectivity index is 1.80. The Bertz CT molecular complexity index is 534. The average molecular weight is 296 g/mol. The van der Waals surface area contributed by atoms with Crippen LogP contribution >= 0.6 is 0 Å². The maximum atomic E-state index is 13.9. The Kier molecular flexibility index (Phi) is 4.01. The molecule has 0 aliphatic carbocycles. The Morgan fingerprint density at radius 3 is 2.76 bits per heavy atom. The molecule has 21 heavy (non-hydrogen) atoms. The van der Waals surface area contributed by atoms with E-state index < -0.39 is 17.7 Å². The van der Waals surface area contributed by atoms with Crippen LogP contribution in [0, 0.1) is 11.6 Å². The first kappa shape index (κ1) is 14.2. The Labute approximate surface area is 121 Å². The molecule has 2 aliphatic rings. The molecule has 5 nitrogen and oxygen atoms in total. The largest absolute Gasteiger partial charge is 0.342 e. The van der Waals surface area contributed by atoms with E-state index in [1.54, 1.807) is 9.80 Å². The molecule has 3 heterocycles. The standard InChI is InChI=1S/C14H18F2N4O/c15-10-8-11(16)13(18-9-10)20-5-1-2-12(20)14(21)19-6-3-17-4-7-19/h8-9,12,17H,1-7H2. The molecule has 0 aromatic carbocycles. The van der Waals surface area contributed by atoms with Crippen molar-refractivity contribution in [3.05, 3.63) is 23.9 Å². The minimum atomic E-state index is -0.713. The highest BCUT2D eigenvalue weighted by molar-refractivity contribution is 5.85. The van der Waals surface area contributed by atoms with Crippen molar-refractivity contribution < 1.29 is 13.6 Å². The minimum Gasteiger partial charge on any atom is -0.342 e. The summed E-state index contributed by atoms with van der Waals surface area (Å²) in [7, 11) is 0. The van der Waals surface area contributed by atoms with Crippen molar-refractivity contribution in [2.45, 2.75) is 18.9 Å². The third kappa shape index (κ3) is 2.83. The molecule has 1 unspecified atom stereocenters. The summed E-state index contributed by atoms with van der Waals surface area (Å²) in [5.41, 5.74) is 0. The number of carbonyl (C=O) groups excluding carboxylic acids is 1. The Morgan fingerprint density at radius 1 is 1.29 bits per heavy atom. The highest BCUT2D eigenvalue weighted by Gasteiger charge is 2.36. The summed E-state index contributed by atoms with van der Waals surface area (Å²) >= 11 is 0. The van der Waals surface area contributed by atoms with Crippen LogP contribution in [0.15, 0.2) is 12.3 Å². The van der Waals surface area contributed by atoms with Crippen molar-refractivity contribution >= 4 is 11.7 Å². The zero-order valence-corrected chi connectivity index (χ0v) is 11.7. The number of piperazine rings is 1. The van der Waals surface area contributed by atoms with Gasteiger partial charge in [-0.1, -0.05) is 0 Å². The van der Waals surface area contributed by atoms with E-state index in [2.05, 4.69) is 10.3 Å². The number of hydrogen-bond donors (Lipinski definition) is 1. The number of halogens is 2. The Morgan fingerprint density at radius 2 is 2.05 bits per heavy atom. The SMILES string of the molecule is O=C(C1CCCN1c1ncc(F)cc1F)N1CCNCC1. The van der Waals surface area contributed by atoms with Gasteiger partial charge in [0.2, 0.25) is 5.91 Å². The molecule has 2 fully saturated rings. The van der Waals surface area contributed by atoms with Gasteiger partial charge < -0.3 is 15.1 Å². The van der Waals surface area contributed by atoms with E-state index in [4.69, 9.17) is 0 Å². The molecule has 0 radical (unpaired) electrons. The lowest BCUT2D eigenvalue weighted by atomic mass is 10.1. The fourth-order valence-electron chi connectivity index (χ4n) is 2.99. The summed E-state index contributed by atoms with van der Waals surface area (Å²) in [6.07, 6.45) is 2.48. The van der Waals surface area contributed by atoms with E-state index in [9.17, 15) is 13.6 Å². The van der Waals surface area contributed by atoms with E-state index in [1.165, 1.54) is 0 Å². The van der Waals surface area contributed by atoms with Crippen LogP contribution in [-0.2, 0) is 4.79 Å². The van der Waals surface area contributed by atoms with Gasteiger partial charge in [-0.15, -0.1) is 0 Å². The number of carbonyl (C=O) groups is 1. The summed E-state index contributed by atoms with van der Waals surface area (Å²) in [6, 6.07) is 0.420. The second-order valence-corrected chi connectivity index (χ2v) is 5.39. The van der Waals surface area contributed by atoms with Crippen LogP contribution < -0.4 is 10.2 Å². The number of amides is 1. The Hall–Kier alpha value is -1.76. The van der Waals surface area contributed by atoms with Gasteiger partial charge in [0.25, 0.3) is 0 Å². The van der Waals surface area contributed by atoms with Gasteiger partial charge in [-0.3, -0.25) is 4.79 Å². The molecule has 1 aromatic heterocycles. The first-order valence-corrected chi connectivity index (χ1v) is 7.24. The van der Waals surface area contributed by atoms with Crippen LogP contribution in [0.1, 0.15) is 12.8 Å². The summed E-state index contributed by atoms with van der Waals surface area (Å²) in [4.78, 5) is 19.9. The molecule has 0 saturated carbocycles. The van der Waals surface area contributed by atoms with E-state index in [-0.39, 0.29) is 11.7 Å². The summed E-state index contributed by atoms with van der Waals surface area (Å²) in [5, 5.41) is 3.20. The van der Waals surface area contributed by atoms with Crippen molar-refractivity contribution in [2.75, 3.05) is 37.6 Å². The highest BCUT2D eigenvalue weighted by atomic mass is 19.1. The number of nitrogens with one attached hydrogen (secondary N) is 1. The van der Waals surface area contributed by atoms with Gasteiger partial charge in [0.15, 0.2) is 11.6 Å². The topological polar surface area (TPSA) is 48.5 Å². The number of anilines is 1. The number of nitrogens with zero attached hydrogens (tertiary/aromatic N) is 3. The van der Waals surface area contributed by atoms with Gasteiger partial charge in [-0.05, 0) is 12.8 Å². The van der Waals surface area contributed by atoms with Gasteiger partial charge in [0.05, 0.1) is 6.20 Å². The molecule has 114 valence electrons. The molecule has 2 aliphatic heterocycles. The predicted octanol–water partition coefficient (Wildman–Crippen LogP) is 0.760. The van der Waals surface area contributed by atoms with Crippen LogP contribution in [0.4, 0.5) is 14.6 Å². The van der Waals surface area contributed by atoms with Crippen molar-refractivity contribution in [3.63, 3.8) is 0 Å². The fraction of sp³-hybridized carbons (Fsp3) is 0.571. The lowest BCUT2D eigenvalue weighted by Crippen LogP contribution is -2.52. The van der Waals surface area contributed by atoms with Crippen LogP contribution in [0.5, 0.6) is 0 Å².